The average molecular weight is 760 g/mol. The van der Waals surface area contributed by atoms with E-state index in [1.165, 1.54) is 29.8 Å². The molecule has 1 aliphatic heterocycles. The van der Waals surface area contributed by atoms with E-state index in [4.69, 9.17) is 4.74 Å². The summed E-state index contributed by atoms with van der Waals surface area (Å²) in [6, 6.07) is 26.0. The lowest BCUT2D eigenvalue weighted by Crippen LogP contribution is -2.48. The first-order valence-corrected chi connectivity index (χ1v) is 20.3. The van der Waals surface area contributed by atoms with E-state index >= 15 is 0 Å². The van der Waals surface area contributed by atoms with Crippen LogP contribution in [-0.4, -0.2) is 87.7 Å². The fraction of sp³-hybridized carbons (Fsp3) is 0.375. The Morgan fingerprint density at radius 2 is 1.62 bits per heavy atom. The van der Waals surface area contributed by atoms with Crippen LogP contribution in [0.15, 0.2) is 101 Å². The van der Waals surface area contributed by atoms with Crippen LogP contribution in [0.1, 0.15) is 43.1 Å². The third-order valence-electron chi connectivity index (χ3n) is 8.96. The van der Waals surface area contributed by atoms with Gasteiger partial charge in [0.2, 0.25) is 0 Å². The largest absolute Gasteiger partial charge is 0.496 e. The summed E-state index contributed by atoms with van der Waals surface area (Å²) in [7, 11) is -2.78. The third kappa shape index (κ3) is 11.5. The normalized spacial score (nSPS) is 14.1. The van der Waals surface area contributed by atoms with Gasteiger partial charge in [0.15, 0.2) is 0 Å². The van der Waals surface area contributed by atoms with Crippen LogP contribution in [-0.2, 0) is 16.4 Å². The van der Waals surface area contributed by atoms with Crippen molar-refractivity contribution in [3.8, 4) is 16.9 Å². The summed E-state index contributed by atoms with van der Waals surface area (Å²) in [6.07, 6.45) is 1.99. The Hall–Kier alpha value is -4.43. The summed E-state index contributed by atoms with van der Waals surface area (Å²) in [6.45, 7) is 13.9. The van der Waals surface area contributed by atoms with Crippen LogP contribution in [0.2, 0.25) is 0 Å². The van der Waals surface area contributed by atoms with Gasteiger partial charge in [-0.1, -0.05) is 63.2 Å². The number of amides is 1. The molecule has 1 saturated heterocycles. The van der Waals surface area contributed by atoms with E-state index in [0.717, 1.165) is 74.2 Å². The number of thioether (sulfide) groups is 1. The highest BCUT2D eigenvalue weighted by atomic mass is 32.2. The van der Waals surface area contributed by atoms with Crippen molar-refractivity contribution in [1.82, 2.24) is 14.5 Å². The van der Waals surface area contributed by atoms with Crippen LogP contribution in [0.5, 0.6) is 5.75 Å². The van der Waals surface area contributed by atoms with Gasteiger partial charge >= 0.3 is 0 Å². The van der Waals surface area contributed by atoms with Gasteiger partial charge in [0.1, 0.15) is 11.4 Å². The maximum Gasteiger partial charge on any atom is 0.293 e. The standard InChI is InChI=1S/C40H49N5O6S2/c1-40(2,3)29-44-24-22-43(23-25-44)21-8-9-30-12-18-35(38(27-30)51-4)31-13-15-32(16-14-31)39(46)42-53(49,50)34-17-19-36(37(28-34)45(47)48)41-20-26-52-33-10-6-5-7-11-33/h5-7,10-19,27-28,41H,8-9,20-26,29H2,1-4H3,(H,42,46). The van der Waals surface area contributed by atoms with Crippen molar-refractivity contribution in [3.63, 3.8) is 0 Å². The highest BCUT2D eigenvalue weighted by Gasteiger charge is 2.24. The number of benzene rings is 4. The molecule has 1 fully saturated rings. The minimum Gasteiger partial charge on any atom is -0.496 e. The molecule has 0 radical (unpaired) electrons. The quantitative estimate of drug-likeness (QED) is 0.0524. The molecule has 0 atom stereocenters. The Morgan fingerprint density at radius 1 is 0.925 bits per heavy atom. The molecule has 5 rings (SSSR count). The maximum absolute atomic E-state index is 13.1. The molecule has 1 heterocycles. The van der Waals surface area contributed by atoms with Gasteiger partial charge in [0.25, 0.3) is 21.6 Å². The van der Waals surface area contributed by atoms with Crippen LogP contribution in [0.3, 0.4) is 0 Å². The zero-order valence-corrected chi connectivity index (χ0v) is 32.5. The molecular weight excluding hydrogens is 711 g/mol. The van der Waals surface area contributed by atoms with E-state index in [1.54, 1.807) is 31.0 Å². The van der Waals surface area contributed by atoms with Gasteiger partial charge < -0.3 is 19.9 Å². The Labute approximate surface area is 317 Å². The van der Waals surface area contributed by atoms with E-state index in [0.29, 0.717) is 23.5 Å². The fourth-order valence-corrected chi connectivity index (χ4v) is 8.15. The molecule has 282 valence electrons. The smallest absolute Gasteiger partial charge is 0.293 e. The number of ether oxygens (including phenoxy) is 1. The van der Waals surface area contributed by atoms with E-state index < -0.39 is 26.5 Å². The molecule has 11 nitrogen and oxygen atoms in total. The maximum atomic E-state index is 13.1. The number of rotatable bonds is 16. The number of aryl methyl sites for hydroxylation is 1. The molecule has 0 aliphatic carbocycles. The fourth-order valence-electron chi connectivity index (χ4n) is 6.37. The minimum absolute atomic E-state index is 0.121. The molecular formula is C40H49N5O6S2. The molecule has 0 spiro atoms. The van der Waals surface area contributed by atoms with Crippen molar-refractivity contribution >= 4 is 39.1 Å². The van der Waals surface area contributed by atoms with Crippen molar-refractivity contribution in [2.75, 3.05) is 64.0 Å². The second-order valence-electron chi connectivity index (χ2n) is 14.4. The number of hydrogen-bond donors (Lipinski definition) is 2. The minimum atomic E-state index is -4.40. The average Bonchev–Trinajstić information content (AvgIpc) is 3.13. The summed E-state index contributed by atoms with van der Waals surface area (Å²) >= 11 is 1.59. The summed E-state index contributed by atoms with van der Waals surface area (Å²) < 4.78 is 34.1. The van der Waals surface area contributed by atoms with Gasteiger partial charge in [-0.05, 0) is 78.4 Å². The predicted molar refractivity (Wildman–Crippen MR) is 212 cm³/mol. The number of hydrogen-bond acceptors (Lipinski definition) is 10. The van der Waals surface area contributed by atoms with Gasteiger partial charge in [-0.25, -0.2) is 13.1 Å². The molecule has 0 saturated carbocycles. The Bertz CT molecular complexity index is 1960. The monoisotopic (exact) mass is 759 g/mol. The summed E-state index contributed by atoms with van der Waals surface area (Å²) in [4.78, 5) is 30.0. The second kappa shape index (κ2) is 18.1. The lowest BCUT2D eigenvalue weighted by molar-refractivity contribution is -0.384. The third-order valence-corrected chi connectivity index (χ3v) is 11.3. The number of carbonyl (C=O) groups excluding carboxylic acids is 1. The number of methoxy groups -OCH3 is 1. The molecule has 1 amide bonds. The van der Waals surface area contributed by atoms with Gasteiger partial charge in [0, 0.05) is 67.1 Å². The molecule has 1 aliphatic rings. The Kier molecular flexibility index (Phi) is 13.6. The second-order valence-corrected chi connectivity index (χ2v) is 17.2. The summed E-state index contributed by atoms with van der Waals surface area (Å²) in [5.74, 6) is 0.509. The lowest BCUT2D eigenvalue weighted by Gasteiger charge is -2.37. The van der Waals surface area contributed by atoms with Crippen molar-refractivity contribution in [2.45, 2.75) is 43.4 Å². The van der Waals surface area contributed by atoms with Crippen LogP contribution in [0, 0.1) is 15.5 Å². The Balaban J connectivity index is 1.15. The number of nitrogens with one attached hydrogen (secondary N) is 2. The topological polar surface area (TPSA) is 134 Å². The predicted octanol–water partition coefficient (Wildman–Crippen LogP) is 7.19. The highest BCUT2D eigenvalue weighted by Crippen LogP contribution is 2.32. The van der Waals surface area contributed by atoms with Crippen LogP contribution in [0.25, 0.3) is 11.1 Å². The van der Waals surface area contributed by atoms with Crippen molar-refractivity contribution in [3.05, 3.63) is 112 Å². The van der Waals surface area contributed by atoms with Crippen LogP contribution in [0.4, 0.5) is 11.4 Å². The molecule has 4 aromatic carbocycles. The van der Waals surface area contributed by atoms with Crippen LogP contribution >= 0.6 is 11.8 Å². The number of sulfonamides is 1. The van der Waals surface area contributed by atoms with E-state index in [9.17, 15) is 23.3 Å². The first-order chi connectivity index (χ1) is 25.3. The molecule has 0 unspecified atom stereocenters. The highest BCUT2D eigenvalue weighted by molar-refractivity contribution is 7.99. The van der Waals surface area contributed by atoms with E-state index in [1.807, 2.05) is 47.2 Å². The number of nitro groups is 1. The van der Waals surface area contributed by atoms with Crippen LogP contribution < -0.4 is 14.8 Å². The van der Waals surface area contributed by atoms with Crippen molar-refractivity contribution < 1.29 is 22.9 Å². The van der Waals surface area contributed by atoms with Gasteiger partial charge in [0.05, 0.1) is 16.9 Å². The molecule has 0 bridgehead atoms. The molecule has 2 N–H and O–H groups in total. The summed E-state index contributed by atoms with van der Waals surface area (Å²) in [5.41, 5.74) is 3.07. The molecule has 53 heavy (non-hydrogen) atoms. The number of carbonyl (C=O) groups is 1. The SMILES string of the molecule is COc1cc(CCCN2CCN(CC(C)(C)C)CC2)ccc1-c1ccc(C(=O)NS(=O)(=O)c2ccc(NCCSc3ccccc3)c([N+](=O)[O-])c2)cc1. The van der Waals surface area contributed by atoms with Gasteiger partial charge in [-0.2, -0.15) is 0 Å². The number of piperazine rings is 1. The number of nitrogens with zero attached hydrogens (tertiary/aromatic N) is 3. The first kappa shape index (κ1) is 39.8. The number of anilines is 1. The number of nitro benzene ring substituents is 1. The molecule has 4 aromatic rings. The van der Waals surface area contributed by atoms with E-state index in [-0.39, 0.29) is 16.1 Å². The van der Waals surface area contributed by atoms with Gasteiger partial charge in [-0.3, -0.25) is 14.9 Å². The first-order valence-electron chi connectivity index (χ1n) is 17.8. The lowest BCUT2D eigenvalue weighted by atomic mass is 9.96. The molecule has 13 heteroatoms. The molecule has 0 aromatic heterocycles. The van der Waals surface area contributed by atoms with Crippen molar-refractivity contribution in [2.24, 2.45) is 5.41 Å². The summed E-state index contributed by atoms with van der Waals surface area (Å²) in [5, 5.41) is 14.8. The van der Waals surface area contributed by atoms with Gasteiger partial charge in [-0.15, -0.1) is 11.8 Å². The Morgan fingerprint density at radius 3 is 2.28 bits per heavy atom. The zero-order chi connectivity index (χ0) is 38.0. The zero-order valence-electron chi connectivity index (χ0n) is 30.8. The van der Waals surface area contributed by atoms with Crippen molar-refractivity contribution in [1.29, 1.82) is 0 Å². The van der Waals surface area contributed by atoms with E-state index in [2.05, 4.69) is 42.0 Å².